The lowest BCUT2D eigenvalue weighted by molar-refractivity contribution is 0.269. The van der Waals surface area contributed by atoms with Crippen molar-refractivity contribution in [3.8, 4) is 0 Å². The molecule has 1 aromatic heterocycles. The number of aliphatic hydroxyl groups is 1. The lowest BCUT2D eigenvalue weighted by Gasteiger charge is -1.94. The van der Waals surface area contributed by atoms with Crippen LogP contribution in [-0.4, -0.2) is 21.5 Å². The molecule has 4 heteroatoms. The summed E-state index contributed by atoms with van der Waals surface area (Å²) < 4.78 is 1.69. The lowest BCUT2D eigenvalue weighted by Crippen LogP contribution is -2.01. The van der Waals surface area contributed by atoms with Gasteiger partial charge in [-0.25, -0.2) is 0 Å². The maximum atomic E-state index is 8.63. The zero-order valence-corrected chi connectivity index (χ0v) is 7.83. The number of hydrogen-bond acceptors (Lipinski definition) is 3. The third-order valence-corrected chi connectivity index (χ3v) is 2.05. The zero-order valence-electron chi connectivity index (χ0n) is 6.94. The normalized spacial score (nSPS) is 12.1. The summed E-state index contributed by atoms with van der Waals surface area (Å²) in [6.07, 6.45) is 5.50. The van der Waals surface area contributed by atoms with Crippen LogP contribution in [0.2, 0.25) is 0 Å². The summed E-state index contributed by atoms with van der Waals surface area (Å²) in [6.45, 7) is 2.56. The van der Waals surface area contributed by atoms with Crippen LogP contribution in [0.15, 0.2) is 18.5 Å². The van der Waals surface area contributed by atoms with E-state index >= 15 is 0 Å². The van der Waals surface area contributed by atoms with E-state index < -0.39 is 0 Å². The smallest absolute Gasteiger partial charge is 0.0641 e. The van der Waals surface area contributed by atoms with Gasteiger partial charge in [-0.1, -0.05) is 6.08 Å². The van der Waals surface area contributed by atoms with Crippen LogP contribution in [0.5, 0.6) is 0 Å². The summed E-state index contributed by atoms with van der Waals surface area (Å²) in [6, 6.07) is 0. The van der Waals surface area contributed by atoms with Gasteiger partial charge in [-0.2, -0.15) is 5.10 Å². The number of aromatic nitrogens is 2. The van der Waals surface area contributed by atoms with Gasteiger partial charge < -0.3 is 5.11 Å². The molecule has 1 N–H and O–H groups in total. The molecule has 0 unspecified atom stereocenters. The highest BCUT2D eigenvalue weighted by molar-refractivity contribution is 7.90. The van der Waals surface area contributed by atoms with Crippen LogP contribution in [0.25, 0.3) is 4.91 Å². The standard InChI is InChI=1S/C8H12N2OS/c1-2-8(12)7-5-9-10(6-7)3-4-11/h2,5-6,11-12H,3-4H2,1H3/b8-2-. The van der Waals surface area contributed by atoms with Gasteiger partial charge >= 0.3 is 0 Å². The van der Waals surface area contributed by atoms with Crippen molar-refractivity contribution in [3.63, 3.8) is 0 Å². The maximum Gasteiger partial charge on any atom is 0.0641 e. The van der Waals surface area contributed by atoms with Crippen LogP contribution in [-0.2, 0) is 6.54 Å². The number of thiol groups is 1. The van der Waals surface area contributed by atoms with Gasteiger partial charge in [0.05, 0.1) is 19.3 Å². The average Bonchev–Trinajstić information content (AvgIpc) is 2.52. The molecule has 0 amide bonds. The fourth-order valence-corrected chi connectivity index (χ4v) is 1.00. The molecule has 0 aromatic carbocycles. The van der Waals surface area contributed by atoms with E-state index in [1.54, 1.807) is 10.9 Å². The molecule has 0 bridgehead atoms. The molecule has 0 fully saturated rings. The van der Waals surface area contributed by atoms with E-state index in [0.29, 0.717) is 6.54 Å². The van der Waals surface area contributed by atoms with E-state index in [1.165, 1.54) is 0 Å². The molecule has 0 radical (unpaired) electrons. The summed E-state index contributed by atoms with van der Waals surface area (Å²) in [5, 5.41) is 12.7. The average molecular weight is 184 g/mol. The molecular formula is C8H12N2OS. The first-order valence-electron chi connectivity index (χ1n) is 3.77. The van der Waals surface area contributed by atoms with Crippen molar-refractivity contribution >= 4 is 17.5 Å². The molecule has 3 nitrogen and oxygen atoms in total. The maximum absolute atomic E-state index is 8.63. The SMILES string of the molecule is C/C=C(\S)c1cnn(CCO)c1. The molecule has 0 aliphatic carbocycles. The van der Waals surface area contributed by atoms with E-state index in [9.17, 15) is 0 Å². The summed E-state index contributed by atoms with van der Waals surface area (Å²) >= 11 is 4.25. The molecule has 0 aliphatic heterocycles. The Labute approximate surface area is 77.1 Å². The van der Waals surface area contributed by atoms with Crippen LogP contribution in [0.3, 0.4) is 0 Å². The zero-order chi connectivity index (χ0) is 8.97. The van der Waals surface area contributed by atoms with Crippen molar-refractivity contribution in [2.75, 3.05) is 6.61 Å². The van der Waals surface area contributed by atoms with Gasteiger partial charge in [0.2, 0.25) is 0 Å². The second-order valence-electron chi connectivity index (χ2n) is 2.39. The van der Waals surface area contributed by atoms with Gasteiger partial charge in [0.1, 0.15) is 0 Å². The van der Waals surface area contributed by atoms with E-state index in [1.807, 2.05) is 19.2 Å². The first-order valence-corrected chi connectivity index (χ1v) is 4.21. The van der Waals surface area contributed by atoms with Crippen molar-refractivity contribution in [3.05, 3.63) is 24.0 Å². The molecule has 12 heavy (non-hydrogen) atoms. The van der Waals surface area contributed by atoms with Gasteiger partial charge in [0.15, 0.2) is 0 Å². The van der Waals surface area contributed by atoms with Crippen LogP contribution >= 0.6 is 12.6 Å². The minimum absolute atomic E-state index is 0.110. The molecule has 0 saturated heterocycles. The van der Waals surface area contributed by atoms with Crippen molar-refractivity contribution in [1.29, 1.82) is 0 Å². The third-order valence-electron chi connectivity index (χ3n) is 1.53. The van der Waals surface area contributed by atoms with Crippen molar-refractivity contribution in [2.45, 2.75) is 13.5 Å². The van der Waals surface area contributed by atoms with Gasteiger partial charge in [0, 0.05) is 16.7 Å². The largest absolute Gasteiger partial charge is 0.394 e. The van der Waals surface area contributed by atoms with Crippen molar-refractivity contribution in [2.24, 2.45) is 0 Å². The predicted octanol–water partition coefficient (Wildman–Crippen LogP) is 1.17. The number of rotatable bonds is 3. The van der Waals surface area contributed by atoms with E-state index in [4.69, 9.17) is 5.11 Å². The highest BCUT2D eigenvalue weighted by Gasteiger charge is 1.98. The molecule has 0 atom stereocenters. The molecule has 1 rings (SSSR count). The Morgan fingerprint density at radius 3 is 3.17 bits per heavy atom. The highest BCUT2D eigenvalue weighted by Crippen LogP contribution is 2.16. The Kier molecular flexibility index (Phi) is 3.37. The van der Waals surface area contributed by atoms with Gasteiger partial charge in [-0.05, 0) is 6.92 Å². The van der Waals surface area contributed by atoms with Crippen LogP contribution in [0.4, 0.5) is 0 Å². The van der Waals surface area contributed by atoms with Gasteiger partial charge in [-0.15, -0.1) is 12.6 Å². The summed E-state index contributed by atoms with van der Waals surface area (Å²) in [5.41, 5.74) is 0.981. The first-order chi connectivity index (χ1) is 5.77. The van der Waals surface area contributed by atoms with E-state index in [2.05, 4.69) is 17.7 Å². The van der Waals surface area contributed by atoms with Crippen molar-refractivity contribution < 1.29 is 5.11 Å². The van der Waals surface area contributed by atoms with E-state index in [-0.39, 0.29) is 6.61 Å². The molecule has 1 heterocycles. The molecule has 0 spiro atoms. The molecule has 1 aromatic rings. The first kappa shape index (κ1) is 9.35. The second-order valence-corrected chi connectivity index (χ2v) is 2.87. The van der Waals surface area contributed by atoms with Crippen molar-refractivity contribution in [1.82, 2.24) is 9.78 Å². The quantitative estimate of drug-likeness (QED) is 0.692. The van der Waals surface area contributed by atoms with Gasteiger partial charge in [0.25, 0.3) is 0 Å². The highest BCUT2D eigenvalue weighted by atomic mass is 32.1. The third kappa shape index (κ3) is 2.12. The van der Waals surface area contributed by atoms with Crippen LogP contribution < -0.4 is 0 Å². The molecule has 0 aliphatic rings. The minimum Gasteiger partial charge on any atom is -0.394 e. The van der Waals surface area contributed by atoms with Crippen LogP contribution in [0.1, 0.15) is 12.5 Å². The Hall–Kier alpha value is -0.740. The summed E-state index contributed by atoms with van der Waals surface area (Å²) in [5.74, 6) is 0. The predicted molar refractivity (Wildman–Crippen MR) is 51.9 cm³/mol. The lowest BCUT2D eigenvalue weighted by atomic mass is 10.3. The molecule has 66 valence electrons. The van der Waals surface area contributed by atoms with E-state index in [0.717, 1.165) is 10.5 Å². The number of nitrogens with zero attached hydrogens (tertiary/aromatic N) is 2. The molecular weight excluding hydrogens is 172 g/mol. The number of allylic oxidation sites excluding steroid dienone is 1. The number of hydrogen-bond donors (Lipinski definition) is 2. The fourth-order valence-electron chi connectivity index (χ4n) is 0.887. The Balaban J connectivity index is 2.77. The Morgan fingerprint density at radius 2 is 2.58 bits per heavy atom. The Morgan fingerprint density at radius 1 is 1.83 bits per heavy atom. The second kappa shape index (κ2) is 4.33. The number of aliphatic hydroxyl groups excluding tert-OH is 1. The topological polar surface area (TPSA) is 38.0 Å². The van der Waals surface area contributed by atoms with Crippen LogP contribution in [0, 0.1) is 0 Å². The van der Waals surface area contributed by atoms with Gasteiger partial charge in [-0.3, -0.25) is 4.68 Å². The molecule has 0 saturated carbocycles. The minimum atomic E-state index is 0.110. The summed E-state index contributed by atoms with van der Waals surface area (Å²) in [4.78, 5) is 0.902. The fraction of sp³-hybridized carbons (Fsp3) is 0.375. The summed E-state index contributed by atoms with van der Waals surface area (Å²) in [7, 11) is 0. The Bertz CT molecular complexity index is 280. The monoisotopic (exact) mass is 184 g/mol.